The summed E-state index contributed by atoms with van der Waals surface area (Å²) in [6.45, 7) is 5.57. The molecule has 0 spiro atoms. The van der Waals surface area contributed by atoms with Crippen molar-refractivity contribution in [1.29, 1.82) is 0 Å². The van der Waals surface area contributed by atoms with E-state index in [-0.39, 0.29) is 23.7 Å². The fraction of sp³-hybridized carbons (Fsp3) is 0.550. The van der Waals surface area contributed by atoms with Crippen molar-refractivity contribution in [3.8, 4) is 0 Å². The Bertz CT molecular complexity index is 802. The first kappa shape index (κ1) is 23.1. The van der Waals surface area contributed by atoms with Gasteiger partial charge in [-0.2, -0.15) is 0 Å². The van der Waals surface area contributed by atoms with Crippen LogP contribution < -0.4 is 4.90 Å². The predicted octanol–water partition coefficient (Wildman–Crippen LogP) is 1.68. The van der Waals surface area contributed by atoms with E-state index in [1.807, 2.05) is 18.7 Å². The lowest BCUT2D eigenvalue weighted by atomic mass is 10.1. The Morgan fingerprint density at radius 2 is 1.77 bits per heavy atom. The molecule has 0 atom stereocenters. The summed E-state index contributed by atoms with van der Waals surface area (Å²) in [6.07, 6.45) is 1.93. The van der Waals surface area contributed by atoms with Gasteiger partial charge in [-0.05, 0) is 38.8 Å². The third-order valence-electron chi connectivity index (χ3n) is 5.10. The molecule has 1 aliphatic heterocycles. The normalized spacial score (nSPS) is 13.1. The largest absolute Gasteiger partial charge is 0.452 e. The van der Waals surface area contributed by atoms with Crippen molar-refractivity contribution in [3.05, 3.63) is 33.9 Å². The van der Waals surface area contributed by atoms with Crippen molar-refractivity contribution in [2.45, 2.75) is 26.7 Å². The van der Waals surface area contributed by atoms with E-state index in [2.05, 4.69) is 0 Å². The number of hydrogen-bond donors (Lipinski definition) is 0. The van der Waals surface area contributed by atoms with Gasteiger partial charge in [0.05, 0.1) is 17.0 Å². The van der Waals surface area contributed by atoms with Crippen molar-refractivity contribution >= 4 is 29.2 Å². The Morgan fingerprint density at radius 1 is 1.13 bits per heavy atom. The number of ether oxygens (including phenoxy) is 1. The van der Waals surface area contributed by atoms with Crippen molar-refractivity contribution < 1.29 is 24.0 Å². The summed E-state index contributed by atoms with van der Waals surface area (Å²) in [5, 5.41) is 11.4. The van der Waals surface area contributed by atoms with Crippen molar-refractivity contribution in [2.75, 3.05) is 51.3 Å². The number of anilines is 1. The molecule has 164 valence electrons. The van der Waals surface area contributed by atoms with E-state index in [0.29, 0.717) is 18.8 Å². The number of benzene rings is 1. The molecule has 0 bridgehead atoms. The van der Waals surface area contributed by atoms with Crippen molar-refractivity contribution in [2.24, 2.45) is 0 Å². The molecule has 0 aromatic heterocycles. The zero-order chi connectivity index (χ0) is 22.3. The van der Waals surface area contributed by atoms with Gasteiger partial charge in [-0.3, -0.25) is 19.7 Å². The third-order valence-corrected chi connectivity index (χ3v) is 5.10. The number of rotatable bonds is 9. The van der Waals surface area contributed by atoms with E-state index in [0.717, 1.165) is 25.9 Å². The molecule has 2 amide bonds. The van der Waals surface area contributed by atoms with Gasteiger partial charge in [-0.25, -0.2) is 4.79 Å². The van der Waals surface area contributed by atoms with Crippen LogP contribution in [0.25, 0.3) is 0 Å². The second kappa shape index (κ2) is 10.6. The van der Waals surface area contributed by atoms with Gasteiger partial charge in [-0.15, -0.1) is 0 Å². The first-order chi connectivity index (χ1) is 14.3. The lowest BCUT2D eigenvalue weighted by molar-refractivity contribution is -0.384. The van der Waals surface area contributed by atoms with Gasteiger partial charge in [0.15, 0.2) is 6.61 Å². The maximum Gasteiger partial charge on any atom is 0.338 e. The van der Waals surface area contributed by atoms with Crippen LogP contribution in [-0.2, 0) is 14.3 Å². The zero-order valence-electron chi connectivity index (χ0n) is 17.6. The maximum absolute atomic E-state index is 12.3. The van der Waals surface area contributed by atoms with Crippen LogP contribution in [0.1, 0.15) is 37.0 Å². The van der Waals surface area contributed by atoms with Gasteiger partial charge < -0.3 is 19.4 Å². The van der Waals surface area contributed by atoms with Crippen LogP contribution in [0.15, 0.2) is 18.2 Å². The minimum absolute atomic E-state index is 0.000632. The number of nitrogens with zero attached hydrogens (tertiary/aromatic N) is 4. The Labute approximate surface area is 175 Å². The molecule has 1 aliphatic rings. The Balaban J connectivity index is 1.98. The topological polar surface area (TPSA) is 113 Å². The Kier molecular flexibility index (Phi) is 8.14. The van der Waals surface area contributed by atoms with Crippen LogP contribution in [0.3, 0.4) is 0 Å². The number of esters is 1. The fourth-order valence-corrected chi connectivity index (χ4v) is 3.31. The average Bonchev–Trinajstić information content (AvgIpc) is 3.26. The molecule has 10 nitrogen and oxygen atoms in total. The lowest BCUT2D eigenvalue weighted by Crippen LogP contribution is -2.42. The first-order valence-electron chi connectivity index (χ1n) is 10.0. The monoisotopic (exact) mass is 420 g/mol. The quantitative estimate of drug-likeness (QED) is 0.339. The number of carbonyl (C=O) groups is 3. The standard InChI is InChI=1S/C20H28N4O6/c1-4-22(5-2)18(25)13-21(3)19(26)14-30-20(27)15-8-9-16(17(12-15)24(28)29)23-10-6-7-11-23/h8-9,12H,4-7,10-11,13-14H2,1-3H3. The summed E-state index contributed by atoms with van der Waals surface area (Å²) in [6, 6.07) is 4.17. The molecule has 0 aliphatic carbocycles. The molecular weight excluding hydrogens is 392 g/mol. The molecule has 0 radical (unpaired) electrons. The van der Waals surface area contributed by atoms with E-state index in [1.54, 1.807) is 4.90 Å². The maximum atomic E-state index is 12.3. The number of amides is 2. The van der Waals surface area contributed by atoms with E-state index in [1.165, 1.54) is 30.1 Å². The van der Waals surface area contributed by atoms with Crippen LogP contribution in [0.4, 0.5) is 11.4 Å². The van der Waals surface area contributed by atoms with Gasteiger partial charge in [0.25, 0.3) is 11.6 Å². The highest BCUT2D eigenvalue weighted by atomic mass is 16.6. The Morgan fingerprint density at radius 3 is 2.33 bits per heavy atom. The summed E-state index contributed by atoms with van der Waals surface area (Å²) >= 11 is 0. The molecule has 1 aromatic rings. The summed E-state index contributed by atoms with van der Waals surface area (Å²) in [5.74, 6) is -1.56. The minimum atomic E-state index is -0.831. The van der Waals surface area contributed by atoms with E-state index in [9.17, 15) is 24.5 Å². The second-order valence-corrected chi connectivity index (χ2v) is 7.05. The number of nitro groups is 1. The zero-order valence-corrected chi connectivity index (χ0v) is 17.6. The molecule has 0 unspecified atom stereocenters. The van der Waals surface area contributed by atoms with E-state index >= 15 is 0 Å². The molecule has 1 saturated heterocycles. The summed E-state index contributed by atoms with van der Waals surface area (Å²) in [7, 11) is 1.45. The molecule has 1 heterocycles. The highest BCUT2D eigenvalue weighted by molar-refractivity contribution is 5.93. The van der Waals surface area contributed by atoms with E-state index in [4.69, 9.17) is 4.74 Å². The average molecular weight is 420 g/mol. The number of carbonyl (C=O) groups excluding carboxylic acids is 3. The molecule has 1 aromatic carbocycles. The SMILES string of the molecule is CCN(CC)C(=O)CN(C)C(=O)COC(=O)c1ccc(N2CCCC2)c([N+](=O)[O-])c1. The van der Waals surface area contributed by atoms with Crippen LogP contribution >= 0.6 is 0 Å². The summed E-state index contributed by atoms with van der Waals surface area (Å²) in [5.41, 5.74) is 0.304. The van der Waals surface area contributed by atoms with Crippen LogP contribution in [0.5, 0.6) is 0 Å². The third kappa shape index (κ3) is 5.68. The molecular formula is C20H28N4O6. The fourth-order valence-electron chi connectivity index (χ4n) is 3.31. The van der Waals surface area contributed by atoms with Crippen LogP contribution in [0.2, 0.25) is 0 Å². The lowest BCUT2D eigenvalue weighted by Gasteiger charge is -2.23. The van der Waals surface area contributed by atoms with Gasteiger partial charge >= 0.3 is 5.97 Å². The molecule has 0 N–H and O–H groups in total. The van der Waals surface area contributed by atoms with Crippen molar-refractivity contribution in [3.63, 3.8) is 0 Å². The highest BCUT2D eigenvalue weighted by Gasteiger charge is 2.25. The Hall–Kier alpha value is -3.17. The first-order valence-corrected chi connectivity index (χ1v) is 10.0. The summed E-state index contributed by atoms with van der Waals surface area (Å²) in [4.78, 5) is 52.2. The number of likely N-dealkylation sites (N-methyl/N-ethyl adjacent to an activating group) is 2. The van der Waals surface area contributed by atoms with Crippen molar-refractivity contribution in [1.82, 2.24) is 9.80 Å². The second-order valence-electron chi connectivity index (χ2n) is 7.05. The molecule has 10 heteroatoms. The van der Waals surface area contributed by atoms with Crippen LogP contribution in [0, 0.1) is 10.1 Å². The molecule has 2 rings (SSSR count). The molecule has 0 saturated carbocycles. The van der Waals surface area contributed by atoms with E-state index < -0.39 is 23.4 Å². The smallest absolute Gasteiger partial charge is 0.338 e. The number of nitro benzene ring substituents is 1. The summed E-state index contributed by atoms with van der Waals surface area (Å²) < 4.78 is 5.01. The molecule has 30 heavy (non-hydrogen) atoms. The van der Waals surface area contributed by atoms with Gasteiger partial charge in [-0.1, -0.05) is 0 Å². The van der Waals surface area contributed by atoms with Gasteiger partial charge in [0.1, 0.15) is 5.69 Å². The highest BCUT2D eigenvalue weighted by Crippen LogP contribution is 2.31. The minimum Gasteiger partial charge on any atom is -0.452 e. The van der Waals surface area contributed by atoms with Gasteiger partial charge in [0.2, 0.25) is 5.91 Å². The van der Waals surface area contributed by atoms with Crippen LogP contribution in [-0.4, -0.2) is 78.9 Å². The molecule has 1 fully saturated rings. The number of hydrogen-bond acceptors (Lipinski definition) is 7. The predicted molar refractivity (Wildman–Crippen MR) is 110 cm³/mol. The van der Waals surface area contributed by atoms with Gasteiger partial charge in [0, 0.05) is 39.3 Å².